The molecule has 0 radical (unpaired) electrons. The van der Waals surface area contributed by atoms with Crippen LogP contribution in [0.3, 0.4) is 0 Å². The first-order valence-corrected chi connectivity index (χ1v) is 9.81. The van der Waals surface area contributed by atoms with Crippen molar-refractivity contribution in [3.63, 3.8) is 0 Å². The molecule has 0 unspecified atom stereocenters. The lowest BCUT2D eigenvalue weighted by Crippen LogP contribution is -2.32. The fourth-order valence-electron chi connectivity index (χ4n) is 4.25. The second-order valence-electron chi connectivity index (χ2n) is 7.66. The molecule has 25 heavy (non-hydrogen) atoms. The van der Waals surface area contributed by atoms with Gasteiger partial charge in [-0.2, -0.15) is 0 Å². The van der Waals surface area contributed by atoms with Gasteiger partial charge in [0.05, 0.1) is 0 Å². The van der Waals surface area contributed by atoms with Crippen LogP contribution in [0.25, 0.3) is 0 Å². The molecule has 3 heterocycles. The van der Waals surface area contributed by atoms with Crippen LogP contribution in [0.5, 0.6) is 0 Å². The maximum absolute atomic E-state index is 12.6. The van der Waals surface area contributed by atoms with Crippen molar-refractivity contribution >= 4 is 5.91 Å². The standard InChI is InChI=1S/C19H33N5O/c1-15-18(19(25)20-9-6-12-23-10-4-5-11-23)21-16(2)24(15)17-7-13-22(3)14-8-17/h17H,4-14H2,1-3H3,(H,20,25). The zero-order valence-corrected chi connectivity index (χ0v) is 16.1. The van der Waals surface area contributed by atoms with Gasteiger partial charge in [-0.15, -0.1) is 0 Å². The highest BCUT2D eigenvalue weighted by Crippen LogP contribution is 2.26. The van der Waals surface area contributed by atoms with E-state index in [9.17, 15) is 4.79 Å². The molecule has 0 aromatic carbocycles. The van der Waals surface area contributed by atoms with Gasteiger partial charge in [-0.05, 0) is 85.7 Å². The van der Waals surface area contributed by atoms with Crippen LogP contribution in [0.4, 0.5) is 0 Å². The maximum Gasteiger partial charge on any atom is 0.271 e. The minimum absolute atomic E-state index is 0.0197. The summed E-state index contributed by atoms with van der Waals surface area (Å²) < 4.78 is 2.28. The number of carbonyl (C=O) groups excluding carboxylic acids is 1. The van der Waals surface area contributed by atoms with E-state index in [-0.39, 0.29) is 5.91 Å². The van der Waals surface area contributed by atoms with E-state index < -0.39 is 0 Å². The average Bonchev–Trinajstić information content (AvgIpc) is 3.21. The smallest absolute Gasteiger partial charge is 0.271 e. The van der Waals surface area contributed by atoms with E-state index in [4.69, 9.17) is 0 Å². The van der Waals surface area contributed by atoms with Gasteiger partial charge in [0, 0.05) is 18.3 Å². The van der Waals surface area contributed by atoms with Gasteiger partial charge in [0.15, 0.2) is 0 Å². The Morgan fingerprint density at radius 3 is 2.52 bits per heavy atom. The van der Waals surface area contributed by atoms with Crippen molar-refractivity contribution < 1.29 is 4.79 Å². The summed E-state index contributed by atoms with van der Waals surface area (Å²) in [6, 6.07) is 0.473. The second kappa shape index (κ2) is 8.32. The Hall–Kier alpha value is -1.40. The molecule has 3 rings (SSSR count). The first-order valence-electron chi connectivity index (χ1n) is 9.81. The molecule has 1 amide bonds. The Kier molecular flexibility index (Phi) is 6.12. The summed E-state index contributed by atoms with van der Waals surface area (Å²) in [6.45, 7) is 10.5. The minimum atomic E-state index is -0.0197. The number of hydrogen-bond acceptors (Lipinski definition) is 4. The molecule has 1 aromatic heterocycles. The fourth-order valence-corrected chi connectivity index (χ4v) is 4.25. The number of imidazole rings is 1. The predicted molar refractivity (Wildman–Crippen MR) is 100 cm³/mol. The summed E-state index contributed by atoms with van der Waals surface area (Å²) in [5.41, 5.74) is 1.63. The van der Waals surface area contributed by atoms with Crippen LogP contribution in [0.15, 0.2) is 0 Å². The number of carbonyl (C=O) groups is 1. The van der Waals surface area contributed by atoms with E-state index in [1.165, 1.54) is 25.9 Å². The lowest BCUT2D eigenvalue weighted by molar-refractivity contribution is 0.0946. The molecule has 0 spiro atoms. The first-order chi connectivity index (χ1) is 12.1. The number of likely N-dealkylation sites (tertiary alicyclic amines) is 2. The zero-order valence-electron chi connectivity index (χ0n) is 16.1. The summed E-state index contributed by atoms with van der Waals surface area (Å²) in [4.78, 5) is 22.0. The normalized spacial score (nSPS) is 20.3. The number of amides is 1. The Morgan fingerprint density at radius 2 is 1.84 bits per heavy atom. The van der Waals surface area contributed by atoms with Crippen LogP contribution >= 0.6 is 0 Å². The van der Waals surface area contributed by atoms with Crippen LogP contribution < -0.4 is 5.32 Å². The molecule has 0 saturated carbocycles. The van der Waals surface area contributed by atoms with Crippen LogP contribution in [0.1, 0.15) is 60.2 Å². The first kappa shape index (κ1) is 18.4. The molecule has 1 N–H and O–H groups in total. The van der Waals surface area contributed by atoms with Crippen LogP contribution in [0, 0.1) is 13.8 Å². The predicted octanol–water partition coefficient (Wildman–Crippen LogP) is 1.98. The Bertz CT molecular complexity index is 583. The van der Waals surface area contributed by atoms with Crippen LogP contribution in [0.2, 0.25) is 0 Å². The molecule has 2 saturated heterocycles. The van der Waals surface area contributed by atoms with E-state index in [1.807, 2.05) is 13.8 Å². The molecule has 0 aliphatic carbocycles. The summed E-state index contributed by atoms with van der Waals surface area (Å²) in [5, 5.41) is 3.06. The van der Waals surface area contributed by atoms with Gasteiger partial charge in [-0.25, -0.2) is 4.98 Å². The Labute approximate surface area is 151 Å². The molecular weight excluding hydrogens is 314 g/mol. The average molecular weight is 348 g/mol. The van der Waals surface area contributed by atoms with Crippen LogP contribution in [-0.2, 0) is 0 Å². The molecule has 140 valence electrons. The van der Waals surface area contributed by atoms with Gasteiger partial charge in [-0.3, -0.25) is 4.79 Å². The van der Waals surface area contributed by atoms with E-state index in [1.54, 1.807) is 0 Å². The molecule has 0 bridgehead atoms. The summed E-state index contributed by atoms with van der Waals surface area (Å²) >= 11 is 0. The summed E-state index contributed by atoms with van der Waals surface area (Å²) in [6.07, 6.45) is 5.91. The van der Waals surface area contributed by atoms with E-state index in [0.717, 1.165) is 57.0 Å². The van der Waals surface area contributed by atoms with E-state index >= 15 is 0 Å². The number of rotatable bonds is 6. The van der Waals surface area contributed by atoms with E-state index in [2.05, 4.69) is 31.7 Å². The van der Waals surface area contributed by atoms with Gasteiger partial charge >= 0.3 is 0 Å². The zero-order chi connectivity index (χ0) is 17.8. The van der Waals surface area contributed by atoms with Gasteiger partial charge < -0.3 is 19.7 Å². The van der Waals surface area contributed by atoms with Gasteiger partial charge in [0.1, 0.15) is 11.5 Å². The summed E-state index contributed by atoms with van der Waals surface area (Å²) in [5.74, 6) is 0.947. The Balaban J connectivity index is 1.54. The number of nitrogens with zero attached hydrogens (tertiary/aromatic N) is 4. The molecule has 1 aromatic rings. The third-order valence-corrected chi connectivity index (χ3v) is 5.73. The summed E-state index contributed by atoms with van der Waals surface area (Å²) in [7, 11) is 2.17. The number of aromatic nitrogens is 2. The van der Waals surface area contributed by atoms with Gasteiger partial charge in [0.2, 0.25) is 0 Å². The largest absolute Gasteiger partial charge is 0.351 e. The molecule has 6 nitrogen and oxygen atoms in total. The molecular formula is C19H33N5O. The van der Waals surface area contributed by atoms with Crippen molar-refractivity contribution in [3.05, 3.63) is 17.2 Å². The topological polar surface area (TPSA) is 53.4 Å². The number of aryl methyl sites for hydroxylation is 1. The minimum Gasteiger partial charge on any atom is -0.351 e. The maximum atomic E-state index is 12.6. The SMILES string of the molecule is Cc1nc(C(=O)NCCCN2CCCC2)c(C)n1C1CCN(C)CC1. The van der Waals surface area contributed by atoms with Crippen molar-refractivity contribution in [1.29, 1.82) is 0 Å². The molecule has 6 heteroatoms. The van der Waals surface area contributed by atoms with Crippen molar-refractivity contribution in [2.75, 3.05) is 46.3 Å². The second-order valence-corrected chi connectivity index (χ2v) is 7.66. The highest BCUT2D eigenvalue weighted by molar-refractivity contribution is 5.93. The van der Waals surface area contributed by atoms with Crippen molar-refractivity contribution in [3.8, 4) is 0 Å². The van der Waals surface area contributed by atoms with Gasteiger partial charge in [0.25, 0.3) is 5.91 Å². The molecule has 2 fully saturated rings. The fraction of sp³-hybridized carbons (Fsp3) is 0.789. The molecule has 2 aliphatic heterocycles. The van der Waals surface area contributed by atoms with Crippen molar-refractivity contribution in [2.45, 2.75) is 52.0 Å². The third-order valence-electron chi connectivity index (χ3n) is 5.73. The third kappa shape index (κ3) is 4.42. The van der Waals surface area contributed by atoms with Crippen LogP contribution in [-0.4, -0.2) is 71.6 Å². The number of piperidine rings is 1. The highest BCUT2D eigenvalue weighted by Gasteiger charge is 2.25. The van der Waals surface area contributed by atoms with E-state index in [0.29, 0.717) is 11.7 Å². The van der Waals surface area contributed by atoms with Gasteiger partial charge in [-0.1, -0.05) is 0 Å². The Morgan fingerprint density at radius 1 is 1.16 bits per heavy atom. The molecule has 0 atom stereocenters. The van der Waals surface area contributed by atoms with Crippen molar-refractivity contribution in [2.24, 2.45) is 0 Å². The number of nitrogens with one attached hydrogen (secondary N) is 1. The highest BCUT2D eigenvalue weighted by atomic mass is 16.1. The number of hydrogen-bond donors (Lipinski definition) is 1. The van der Waals surface area contributed by atoms with Crippen molar-refractivity contribution in [1.82, 2.24) is 24.7 Å². The lowest BCUT2D eigenvalue weighted by Gasteiger charge is -2.31. The lowest BCUT2D eigenvalue weighted by atomic mass is 10.0. The molecule has 2 aliphatic rings. The quantitative estimate of drug-likeness (QED) is 0.800. The monoisotopic (exact) mass is 347 g/mol.